The Morgan fingerprint density at radius 3 is 2.23 bits per heavy atom. The van der Waals surface area contributed by atoms with Crippen LogP contribution in [0.2, 0.25) is 0 Å². The van der Waals surface area contributed by atoms with Gasteiger partial charge in [0.25, 0.3) is 0 Å². The summed E-state index contributed by atoms with van der Waals surface area (Å²) in [7, 11) is -3.37. The molecule has 2 saturated carbocycles. The first-order chi connectivity index (χ1) is 10.1. The standard InChI is InChI=1S/C17H29NO3S/c1-12-7-13(2)10-18(9-12)22(20,21)11-17-6-5-14(8-15(17)19)16(17,3)4/h12-14H,5-11H2,1-4H3/t12-,13-,14+,17+/m0/s1. The number of hydrogen-bond acceptors (Lipinski definition) is 3. The van der Waals surface area contributed by atoms with Crippen LogP contribution in [-0.2, 0) is 14.8 Å². The first kappa shape index (κ1) is 16.4. The molecule has 0 N–H and O–H groups in total. The van der Waals surface area contributed by atoms with Crippen molar-refractivity contribution in [1.29, 1.82) is 0 Å². The number of piperidine rings is 1. The van der Waals surface area contributed by atoms with E-state index in [0.717, 1.165) is 19.3 Å². The topological polar surface area (TPSA) is 54.5 Å². The van der Waals surface area contributed by atoms with E-state index in [1.807, 2.05) is 0 Å². The van der Waals surface area contributed by atoms with E-state index in [-0.39, 0.29) is 17.0 Å². The average molecular weight is 327 g/mol. The molecule has 22 heavy (non-hydrogen) atoms. The molecule has 0 unspecified atom stereocenters. The highest BCUT2D eigenvalue weighted by Crippen LogP contribution is 2.64. The van der Waals surface area contributed by atoms with E-state index in [1.165, 1.54) is 0 Å². The van der Waals surface area contributed by atoms with Gasteiger partial charge in [0.1, 0.15) is 5.78 Å². The molecule has 4 nitrogen and oxygen atoms in total. The second kappa shape index (κ2) is 5.04. The molecule has 126 valence electrons. The highest BCUT2D eigenvalue weighted by molar-refractivity contribution is 7.89. The second-order valence-electron chi connectivity index (χ2n) is 8.69. The van der Waals surface area contributed by atoms with E-state index >= 15 is 0 Å². The number of carbonyl (C=O) groups is 1. The fraction of sp³-hybridized carbons (Fsp3) is 0.941. The fourth-order valence-corrected chi connectivity index (χ4v) is 7.79. The maximum Gasteiger partial charge on any atom is 0.215 e. The maximum absolute atomic E-state index is 13.0. The van der Waals surface area contributed by atoms with Gasteiger partial charge < -0.3 is 0 Å². The van der Waals surface area contributed by atoms with E-state index in [1.54, 1.807) is 4.31 Å². The van der Waals surface area contributed by atoms with Crippen LogP contribution in [0.15, 0.2) is 0 Å². The van der Waals surface area contributed by atoms with Crippen molar-refractivity contribution in [3.63, 3.8) is 0 Å². The van der Waals surface area contributed by atoms with Crippen LogP contribution in [0.4, 0.5) is 0 Å². The molecule has 1 saturated heterocycles. The van der Waals surface area contributed by atoms with Crippen molar-refractivity contribution in [1.82, 2.24) is 4.31 Å². The number of nitrogens with zero attached hydrogens (tertiary/aromatic N) is 1. The van der Waals surface area contributed by atoms with Crippen LogP contribution in [0.3, 0.4) is 0 Å². The van der Waals surface area contributed by atoms with Gasteiger partial charge in [0, 0.05) is 24.9 Å². The van der Waals surface area contributed by atoms with Crippen molar-refractivity contribution < 1.29 is 13.2 Å². The van der Waals surface area contributed by atoms with Crippen LogP contribution in [-0.4, -0.2) is 37.3 Å². The summed E-state index contributed by atoms with van der Waals surface area (Å²) in [6, 6.07) is 0. The summed E-state index contributed by atoms with van der Waals surface area (Å²) in [6.07, 6.45) is 3.42. The number of Topliss-reactive ketones (excluding diaryl/α,β-unsaturated/α-hetero) is 1. The molecule has 1 aliphatic heterocycles. The van der Waals surface area contributed by atoms with Crippen molar-refractivity contribution in [2.24, 2.45) is 28.6 Å². The summed E-state index contributed by atoms with van der Waals surface area (Å²) < 4.78 is 27.7. The highest BCUT2D eigenvalue weighted by atomic mass is 32.2. The van der Waals surface area contributed by atoms with Crippen molar-refractivity contribution >= 4 is 15.8 Å². The SMILES string of the molecule is C[C@H]1C[C@H](C)CN(S(=O)(=O)C[C@]23CC[C@H](CC2=O)C3(C)C)C1. The van der Waals surface area contributed by atoms with E-state index in [0.29, 0.717) is 37.3 Å². The minimum absolute atomic E-state index is 0.0295. The van der Waals surface area contributed by atoms with Crippen LogP contribution >= 0.6 is 0 Å². The Bertz CT molecular complexity index is 573. The first-order valence-electron chi connectivity index (χ1n) is 8.59. The molecule has 3 aliphatic rings. The molecule has 2 aliphatic carbocycles. The summed E-state index contributed by atoms with van der Waals surface area (Å²) in [6.45, 7) is 9.67. The zero-order chi connectivity index (χ0) is 16.3. The Balaban J connectivity index is 1.87. The third-order valence-corrected chi connectivity index (χ3v) is 8.74. The predicted molar refractivity (Wildman–Crippen MR) is 86.9 cm³/mol. The summed E-state index contributed by atoms with van der Waals surface area (Å²) in [5.41, 5.74) is -0.815. The molecule has 0 aromatic rings. The molecular formula is C17H29NO3S. The van der Waals surface area contributed by atoms with Crippen molar-refractivity contribution in [2.45, 2.75) is 53.4 Å². The number of hydrogen-bond donors (Lipinski definition) is 0. The molecule has 0 aromatic carbocycles. The zero-order valence-electron chi connectivity index (χ0n) is 14.3. The minimum atomic E-state index is -3.37. The summed E-state index contributed by atoms with van der Waals surface area (Å²) in [5.74, 6) is 1.39. The van der Waals surface area contributed by atoms with Gasteiger partial charge >= 0.3 is 0 Å². The molecule has 3 rings (SSSR count). The second-order valence-corrected chi connectivity index (χ2v) is 10.7. The lowest BCUT2D eigenvalue weighted by Gasteiger charge is -2.40. The van der Waals surface area contributed by atoms with Crippen LogP contribution in [0.1, 0.15) is 53.4 Å². The highest BCUT2D eigenvalue weighted by Gasteiger charge is 2.65. The first-order valence-corrected chi connectivity index (χ1v) is 10.2. The van der Waals surface area contributed by atoms with E-state index in [9.17, 15) is 13.2 Å². The third kappa shape index (κ3) is 2.27. The van der Waals surface area contributed by atoms with Gasteiger partial charge in [-0.05, 0) is 42.4 Å². The maximum atomic E-state index is 13.0. The fourth-order valence-electron chi connectivity index (χ4n) is 5.34. The molecule has 0 radical (unpaired) electrons. The minimum Gasteiger partial charge on any atom is -0.299 e. The smallest absolute Gasteiger partial charge is 0.215 e. The summed E-state index contributed by atoms with van der Waals surface area (Å²) >= 11 is 0. The Morgan fingerprint density at radius 2 is 1.77 bits per heavy atom. The average Bonchev–Trinajstić information content (AvgIpc) is 2.71. The van der Waals surface area contributed by atoms with Gasteiger partial charge in [-0.1, -0.05) is 27.7 Å². The van der Waals surface area contributed by atoms with Crippen molar-refractivity contribution in [2.75, 3.05) is 18.8 Å². The lowest BCUT2D eigenvalue weighted by atomic mass is 9.70. The lowest BCUT2D eigenvalue weighted by molar-refractivity contribution is -0.128. The quantitative estimate of drug-likeness (QED) is 0.801. The number of carbonyl (C=O) groups excluding carboxylic acids is 1. The zero-order valence-corrected chi connectivity index (χ0v) is 15.1. The van der Waals surface area contributed by atoms with Crippen LogP contribution in [0.5, 0.6) is 0 Å². The molecule has 2 bridgehead atoms. The molecular weight excluding hydrogens is 298 g/mol. The Labute approximate surface area is 134 Å². The molecule has 3 fully saturated rings. The van der Waals surface area contributed by atoms with E-state index in [4.69, 9.17) is 0 Å². The Kier molecular flexibility index (Phi) is 3.76. The molecule has 0 spiro atoms. The third-order valence-electron chi connectivity index (χ3n) is 6.80. The van der Waals surface area contributed by atoms with Crippen LogP contribution in [0.25, 0.3) is 0 Å². The number of ketones is 1. The van der Waals surface area contributed by atoms with Gasteiger partial charge in [-0.2, -0.15) is 0 Å². The number of sulfonamides is 1. The molecule has 0 aromatic heterocycles. The lowest BCUT2D eigenvalue weighted by Crippen LogP contribution is -2.50. The predicted octanol–water partition coefficient (Wildman–Crippen LogP) is 2.69. The Morgan fingerprint density at radius 1 is 1.18 bits per heavy atom. The van der Waals surface area contributed by atoms with Gasteiger partial charge in [0.2, 0.25) is 10.0 Å². The molecule has 0 amide bonds. The van der Waals surface area contributed by atoms with Crippen molar-refractivity contribution in [3.8, 4) is 0 Å². The van der Waals surface area contributed by atoms with E-state index < -0.39 is 15.4 Å². The van der Waals surface area contributed by atoms with Gasteiger partial charge in [-0.15, -0.1) is 0 Å². The number of rotatable bonds is 3. The van der Waals surface area contributed by atoms with Crippen LogP contribution < -0.4 is 0 Å². The van der Waals surface area contributed by atoms with Gasteiger partial charge in [0.15, 0.2) is 0 Å². The Hall–Kier alpha value is -0.420. The van der Waals surface area contributed by atoms with Crippen molar-refractivity contribution in [3.05, 3.63) is 0 Å². The molecule has 5 heteroatoms. The van der Waals surface area contributed by atoms with Gasteiger partial charge in [-0.3, -0.25) is 4.79 Å². The van der Waals surface area contributed by atoms with Gasteiger partial charge in [-0.25, -0.2) is 12.7 Å². The molecule has 4 atom stereocenters. The molecule has 1 heterocycles. The summed E-state index contributed by atoms with van der Waals surface area (Å²) in [5, 5.41) is 0. The van der Waals surface area contributed by atoms with Crippen LogP contribution in [0, 0.1) is 28.6 Å². The summed E-state index contributed by atoms with van der Waals surface area (Å²) in [4.78, 5) is 12.6. The van der Waals surface area contributed by atoms with E-state index in [2.05, 4.69) is 27.7 Å². The normalized spacial score (nSPS) is 42.0. The van der Waals surface area contributed by atoms with Gasteiger partial charge in [0.05, 0.1) is 5.75 Å². The largest absolute Gasteiger partial charge is 0.299 e. The number of fused-ring (bicyclic) bond motifs is 2. The monoisotopic (exact) mass is 327 g/mol.